The van der Waals surface area contributed by atoms with Crippen LogP contribution in [0.5, 0.6) is 11.5 Å². The number of piperidine rings is 2. The maximum atomic E-state index is 13.1. The molecule has 0 spiro atoms. The highest BCUT2D eigenvalue weighted by Crippen LogP contribution is 2.47. The number of hydrogen-bond donors (Lipinski definition) is 2. The number of carbonyl (C=O) groups excluding carboxylic acids is 3. The van der Waals surface area contributed by atoms with Gasteiger partial charge in [-0.05, 0) is 78.3 Å². The van der Waals surface area contributed by atoms with E-state index in [0.717, 1.165) is 68.4 Å². The minimum Gasteiger partial charge on any atom is -0.508 e. The maximum absolute atomic E-state index is 13.1. The quantitative estimate of drug-likeness (QED) is 0.241. The predicted molar refractivity (Wildman–Crippen MR) is 207 cm³/mol. The molecule has 0 radical (unpaired) electrons. The van der Waals surface area contributed by atoms with Crippen LogP contribution in [0.1, 0.15) is 70.1 Å². The number of hydrogen-bond acceptors (Lipinski definition) is 8. The Hall–Kier alpha value is -5.35. The van der Waals surface area contributed by atoms with Gasteiger partial charge >= 0.3 is 0 Å². The lowest BCUT2D eigenvalue weighted by molar-refractivity contribution is -0.136. The van der Waals surface area contributed by atoms with Crippen molar-refractivity contribution in [1.82, 2.24) is 15.1 Å². The molecule has 10 nitrogen and oxygen atoms in total. The van der Waals surface area contributed by atoms with Crippen LogP contribution in [0.2, 0.25) is 0 Å². The Morgan fingerprint density at radius 1 is 0.741 bits per heavy atom. The Morgan fingerprint density at radius 3 is 2.24 bits per heavy atom. The molecule has 3 amide bonds. The van der Waals surface area contributed by atoms with Crippen molar-refractivity contribution in [3.05, 3.63) is 119 Å². The van der Waals surface area contributed by atoms with Crippen molar-refractivity contribution in [3.8, 4) is 11.5 Å². The molecular weight excluding hydrogens is 679 g/mol. The molecule has 3 fully saturated rings. The van der Waals surface area contributed by atoms with E-state index in [9.17, 15) is 19.5 Å². The Balaban J connectivity index is 0.780. The molecule has 5 aliphatic rings. The van der Waals surface area contributed by atoms with E-state index in [-0.39, 0.29) is 41.7 Å². The summed E-state index contributed by atoms with van der Waals surface area (Å²) < 4.78 is 6.17. The summed E-state index contributed by atoms with van der Waals surface area (Å²) in [5.74, 6) is 1.22. The lowest BCUT2D eigenvalue weighted by atomic mass is 9.76. The molecule has 10 heteroatoms. The highest BCUT2D eigenvalue weighted by atomic mass is 16.5. The first kappa shape index (κ1) is 34.4. The van der Waals surface area contributed by atoms with Crippen LogP contribution in [0.15, 0.2) is 91.0 Å². The van der Waals surface area contributed by atoms with Crippen LogP contribution in [0.4, 0.5) is 11.4 Å². The summed E-state index contributed by atoms with van der Waals surface area (Å²) in [5, 5.41) is 12.5. The lowest BCUT2D eigenvalue weighted by Crippen LogP contribution is -2.52. The number of fused-ring (bicyclic) bond motifs is 2. The van der Waals surface area contributed by atoms with Crippen LogP contribution in [-0.2, 0) is 16.1 Å². The predicted octanol–water partition coefficient (Wildman–Crippen LogP) is 5.50. The van der Waals surface area contributed by atoms with Gasteiger partial charge < -0.3 is 24.5 Å². The number of phenolic OH excluding ortho intramolecular Hbond substituents is 1. The molecule has 5 aliphatic heterocycles. The van der Waals surface area contributed by atoms with Crippen molar-refractivity contribution in [2.24, 2.45) is 5.92 Å². The normalized spacial score (nSPS) is 23.5. The molecule has 5 heterocycles. The molecule has 9 rings (SSSR count). The zero-order chi connectivity index (χ0) is 36.8. The van der Waals surface area contributed by atoms with E-state index in [0.29, 0.717) is 31.1 Å². The number of rotatable bonds is 7. The van der Waals surface area contributed by atoms with Gasteiger partial charge in [0.1, 0.15) is 17.5 Å². The maximum Gasteiger partial charge on any atom is 0.255 e. The second-order valence-electron chi connectivity index (χ2n) is 15.6. The number of nitrogens with one attached hydrogen (secondary N) is 1. The van der Waals surface area contributed by atoms with Gasteiger partial charge in [-0.3, -0.25) is 24.6 Å². The number of imide groups is 1. The van der Waals surface area contributed by atoms with Crippen LogP contribution in [0.25, 0.3) is 0 Å². The topological polar surface area (TPSA) is 106 Å². The second kappa shape index (κ2) is 14.5. The monoisotopic (exact) mass is 725 g/mol. The summed E-state index contributed by atoms with van der Waals surface area (Å²) in [6, 6.07) is 30.7. The van der Waals surface area contributed by atoms with E-state index < -0.39 is 6.04 Å². The van der Waals surface area contributed by atoms with Gasteiger partial charge in [0.25, 0.3) is 5.91 Å². The zero-order valence-electron chi connectivity index (χ0n) is 30.5. The molecule has 2 N–H and O–H groups in total. The third-order valence-corrected chi connectivity index (χ3v) is 12.4. The molecule has 3 unspecified atom stereocenters. The Kier molecular flexibility index (Phi) is 9.22. The van der Waals surface area contributed by atoms with Gasteiger partial charge in [0, 0.05) is 99.2 Å². The van der Waals surface area contributed by atoms with E-state index in [4.69, 9.17) is 4.74 Å². The van der Waals surface area contributed by atoms with Crippen LogP contribution in [-0.4, -0.2) is 91.1 Å². The number of carbonyl (C=O) groups is 3. The van der Waals surface area contributed by atoms with Gasteiger partial charge in [0.2, 0.25) is 11.8 Å². The SMILES string of the molecule is O=C1CCC(N2Cc3cc(N4CCN(CC5CCN(c6ccc(C7c8ccc(O)cc8OCC7c7ccccc7)cc6)CC5)CC4)ccc3C2=O)C(=O)N1. The third kappa shape index (κ3) is 6.68. The number of ether oxygens (including phenoxy) is 1. The zero-order valence-corrected chi connectivity index (χ0v) is 30.5. The van der Waals surface area contributed by atoms with Gasteiger partial charge in [-0.15, -0.1) is 0 Å². The first-order chi connectivity index (χ1) is 26.4. The van der Waals surface area contributed by atoms with Crippen molar-refractivity contribution in [2.45, 2.75) is 50.1 Å². The minimum atomic E-state index is -0.589. The summed E-state index contributed by atoms with van der Waals surface area (Å²) in [6.07, 6.45) is 2.99. The molecule has 0 bridgehead atoms. The highest BCUT2D eigenvalue weighted by Gasteiger charge is 2.39. The molecule has 0 aromatic heterocycles. The minimum absolute atomic E-state index is 0.125. The van der Waals surface area contributed by atoms with E-state index in [2.05, 4.69) is 80.7 Å². The number of anilines is 2. The first-order valence-electron chi connectivity index (χ1n) is 19.5. The van der Waals surface area contributed by atoms with Crippen molar-refractivity contribution in [2.75, 3.05) is 62.2 Å². The number of benzene rings is 4. The van der Waals surface area contributed by atoms with Crippen molar-refractivity contribution in [1.29, 1.82) is 0 Å². The fraction of sp³-hybridized carbons (Fsp3) is 0.386. The standard InChI is InChI=1S/C44H47N5O5/c50-35-11-13-37-40(25-35)54-28-38(30-4-2-1-3-5-30)42(37)31-6-8-33(9-7-31)47-18-16-29(17-19-47)26-46-20-22-48(23-21-46)34-10-12-36-32(24-34)27-49(44(36)53)39-14-15-41(51)45-43(39)52/h1-13,24-25,29,38-39,42,50H,14-23,26-28H2,(H,45,51,52). The van der Waals surface area contributed by atoms with Crippen LogP contribution in [0.3, 0.4) is 0 Å². The molecule has 4 aromatic rings. The summed E-state index contributed by atoms with van der Waals surface area (Å²) in [7, 11) is 0. The van der Waals surface area contributed by atoms with Crippen molar-refractivity contribution in [3.63, 3.8) is 0 Å². The van der Waals surface area contributed by atoms with Crippen LogP contribution < -0.4 is 19.9 Å². The summed E-state index contributed by atoms with van der Waals surface area (Å²) in [5.41, 5.74) is 7.65. The van der Waals surface area contributed by atoms with Gasteiger partial charge in [-0.2, -0.15) is 0 Å². The van der Waals surface area contributed by atoms with Crippen molar-refractivity contribution < 1.29 is 24.2 Å². The average Bonchev–Trinajstić information content (AvgIpc) is 3.53. The van der Waals surface area contributed by atoms with Crippen LogP contribution >= 0.6 is 0 Å². The van der Waals surface area contributed by atoms with E-state index in [1.54, 1.807) is 17.0 Å². The van der Waals surface area contributed by atoms with Gasteiger partial charge in [-0.25, -0.2) is 0 Å². The van der Waals surface area contributed by atoms with E-state index >= 15 is 0 Å². The third-order valence-electron chi connectivity index (χ3n) is 12.4. The first-order valence-corrected chi connectivity index (χ1v) is 19.5. The summed E-state index contributed by atoms with van der Waals surface area (Å²) in [6.45, 7) is 8.12. The fourth-order valence-electron chi connectivity index (χ4n) is 9.38. The summed E-state index contributed by atoms with van der Waals surface area (Å²) >= 11 is 0. The molecule has 0 saturated carbocycles. The highest BCUT2D eigenvalue weighted by molar-refractivity contribution is 6.05. The molecule has 4 aromatic carbocycles. The number of amides is 3. The second-order valence-corrected chi connectivity index (χ2v) is 15.6. The van der Waals surface area contributed by atoms with Gasteiger partial charge in [-0.1, -0.05) is 48.5 Å². The summed E-state index contributed by atoms with van der Waals surface area (Å²) in [4.78, 5) is 46.4. The molecular formula is C44H47N5O5. The Labute approximate surface area is 316 Å². The average molecular weight is 726 g/mol. The smallest absolute Gasteiger partial charge is 0.255 e. The van der Waals surface area contributed by atoms with Crippen LogP contribution in [0, 0.1) is 5.92 Å². The molecule has 54 heavy (non-hydrogen) atoms. The molecule has 3 saturated heterocycles. The number of phenols is 1. The molecule has 0 aliphatic carbocycles. The van der Waals surface area contributed by atoms with Gasteiger partial charge in [0.15, 0.2) is 0 Å². The fourth-order valence-corrected chi connectivity index (χ4v) is 9.38. The number of nitrogens with zero attached hydrogens (tertiary/aromatic N) is 4. The lowest BCUT2D eigenvalue weighted by Gasteiger charge is -2.40. The largest absolute Gasteiger partial charge is 0.508 e. The van der Waals surface area contributed by atoms with Gasteiger partial charge in [0.05, 0.1) is 6.61 Å². The number of piperazine rings is 1. The Bertz CT molecular complexity index is 2040. The van der Waals surface area contributed by atoms with E-state index in [1.807, 2.05) is 18.2 Å². The molecule has 3 atom stereocenters. The molecule has 278 valence electrons. The van der Waals surface area contributed by atoms with E-state index in [1.165, 1.54) is 29.7 Å². The van der Waals surface area contributed by atoms with Crippen molar-refractivity contribution >= 4 is 29.1 Å². The number of aromatic hydroxyl groups is 1. The Morgan fingerprint density at radius 2 is 1.48 bits per heavy atom.